The summed E-state index contributed by atoms with van der Waals surface area (Å²) in [6.45, 7) is 5.88. The van der Waals surface area contributed by atoms with Crippen LogP contribution in [0, 0.1) is 5.92 Å². The van der Waals surface area contributed by atoms with E-state index in [4.69, 9.17) is 4.74 Å². The van der Waals surface area contributed by atoms with Crippen molar-refractivity contribution in [3.8, 4) is 5.69 Å². The molecule has 8 rings (SSSR count). The molecule has 1 fully saturated rings. The first kappa shape index (κ1) is 36.2. The van der Waals surface area contributed by atoms with Crippen LogP contribution in [0.2, 0.25) is 18.6 Å². The van der Waals surface area contributed by atoms with Gasteiger partial charge in [-0.2, -0.15) is 9.78 Å². The number of nitrogens with zero attached hydrogens (tertiary/aromatic N) is 6. The second-order valence-corrected chi connectivity index (χ2v) is 19.5. The lowest BCUT2D eigenvalue weighted by Crippen LogP contribution is -2.45. The van der Waals surface area contributed by atoms with Gasteiger partial charge in [0, 0.05) is 39.6 Å². The number of carbonyl (C=O) groups is 1. The lowest BCUT2D eigenvalue weighted by Gasteiger charge is -2.31. The number of halogens is 2. The van der Waals surface area contributed by atoms with Gasteiger partial charge in [-0.1, -0.05) is 88.7 Å². The van der Waals surface area contributed by atoms with Crippen molar-refractivity contribution in [1.29, 1.82) is 0 Å². The number of aryl methyl sites for hydroxylation is 1. The number of ether oxygens (including phenoxy) is 1. The summed E-state index contributed by atoms with van der Waals surface area (Å²) in [5.41, 5.74) is 2.43. The number of aliphatic hydroxyl groups excluding tert-OH is 1. The number of hydrogen-bond acceptors (Lipinski definition) is 7. The van der Waals surface area contributed by atoms with Gasteiger partial charge in [0.2, 0.25) is 8.41 Å². The normalized spacial score (nSPS) is 21.6. The van der Waals surface area contributed by atoms with E-state index in [1.54, 1.807) is 34.9 Å². The Morgan fingerprint density at radius 3 is 2.48 bits per heavy atom. The van der Waals surface area contributed by atoms with Gasteiger partial charge in [0.1, 0.15) is 0 Å². The van der Waals surface area contributed by atoms with Crippen LogP contribution >= 0.6 is 15.9 Å². The third-order valence-corrected chi connectivity index (χ3v) is 14.0. The summed E-state index contributed by atoms with van der Waals surface area (Å²) in [4.78, 5) is 29.8. The van der Waals surface area contributed by atoms with Crippen molar-refractivity contribution in [3.05, 3.63) is 147 Å². The Morgan fingerprint density at radius 2 is 1.74 bits per heavy atom. The van der Waals surface area contributed by atoms with Crippen LogP contribution in [0.25, 0.3) is 16.5 Å². The fourth-order valence-corrected chi connectivity index (χ4v) is 11.4. The van der Waals surface area contributed by atoms with Crippen LogP contribution in [0.15, 0.2) is 119 Å². The Kier molecular flexibility index (Phi) is 9.45. The molecular weight excluding hydrogens is 767 g/mol. The number of aliphatic hydroxyl groups is 1. The Labute approximate surface area is 321 Å². The van der Waals surface area contributed by atoms with Gasteiger partial charge in [-0.15, -0.1) is 5.10 Å². The first-order valence-corrected chi connectivity index (χ1v) is 21.9. The minimum absolute atomic E-state index is 0.113. The summed E-state index contributed by atoms with van der Waals surface area (Å²) >= 11 is 3.62. The van der Waals surface area contributed by atoms with Crippen molar-refractivity contribution in [1.82, 2.24) is 24.8 Å². The summed E-state index contributed by atoms with van der Waals surface area (Å²) in [6.07, 6.45) is 3.37. The van der Waals surface area contributed by atoms with Gasteiger partial charge in [-0.3, -0.25) is 14.3 Å². The maximum absolute atomic E-state index is 16.5. The molecule has 6 aromatic rings. The summed E-state index contributed by atoms with van der Waals surface area (Å²) in [7, 11) is -3.39. The highest BCUT2D eigenvalue weighted by molar-refractivity contribution is 9.10. The minimum atomic E-state index is -3.39. The van der Waals surface area contributed by atoms with Gasteiger partial charge in [-0.25, -0.2) is 0 Å². The number of hydrogen-bond donors (Lipinski definition) is 1. The molecule has 4 heterocycles. The second kappa shape index (κ2) is 14.1. The molecular formula is C41H40BrFN6O4Si. The molecule has 2 aliphatic rings. The highest BCUT2D eigenvalue weighted by Crippen LogP contribution is 2.60. The number of fused-ring (bicyclic) bond motifs is 3. The quantitative estimate of drug-likeness (QED) is 0.114. The van der Waals surface area contributed by atoms with Crippen LogP contribution in [-0.4, -0.2) is 56.9 Å². The van der Waals surface area contributed by atoms with Gasteiger partial charge in [0.05, 0.1) is 53.8 Å². The lowest BCUT2D eigenvalue weighted by molar-refractivity contribution is -0.146. The summed E-state index contributed by atoms with van der Waals surface area (Å²) < 4.78 is 27.3. The van der Waals surface area contributed by atoms with Crippen LogP contribution in [0.5, 0.6) is 0 Å². The van der Waals surface area contributed by atoms with E-state index in [1.165, 1.54) is 4.68 Å². The summed E-state index contributed by atoms with van der Waals surface area (Å²) in [6, 6.07) is 30.2. The van der Waals surface area contributed by atoms with Crippen molar-refractivity contribution < 1.29 is 18.7 Å². The molecule has 2 aliphatic heterocycles. The van der Waals surface area contributed by atoms with E-state index in [1.807, 2.05) is 104 Å². The van der Waals surface area contributed by atoms with Crippen molar-refractivity contribution in [2.24, 2.45) is 5.92 Å². The number of aromatic nitrogens is 5. The molecule has 5 atom stereocenters. The molecule has 10 nitrogen and oxygen atoms in total. The SMILES string of the molecule is C[C@@H]1[C@@H]([Si](C)(C)F)[C@H](CCn2cc(C(CO)c3ccccc3)nn2)O[C@@]12C(=O)N(Cc1ccc(-n3ncc4ccccc4c3=O)cc1)c1ccc(Br)cc12. The molecule has 0 radical (unpaired) electrons. The Balaban J connectivity index is 1.07. The average molecular weight is 808 g/mol. The highest BCUT2D eigenvalue weighted by atomic mass is 79.9. The van der Waals surface area contributed by atoms with Gasteiger partial charge in [0.15, 0.2) is 5.60 Å². The number of benzene rings is 4. The van der Waals surface area contributed by atoms with Crippen LogP contribution < -0.4 is 10.5 Å². The first-order chi connectivity index (χ1) is 26.0. The van der Waals surface area contributed by atoms with E-state index in [9.17, 15) is 14.7 Å². The van der Waals surface area contributed by atoms with Crippen LogP contribution in [0.4, 0.5) is 9.80 Å². The van der Waals surface area contributed by atoms with Crippen molar-refractivity contribution in [2.75, 3.05) is 11.5 Å². The van der Waals surface area contributed by atoms with E-state index in [-0.39, 0.29) is 30.5 Å². The van der Waals surface area contributed by atoms with Crippen molar-refractivity contribution in [2.45, 2.75) is 62.7 Å². The highest BCUT2D eigenvalue weighted by Gasteiger charge is 2.66. The molecule has 1 N–H and O–H groups in total. The Hall–Kier alpha value is -4.82. The Morgan fingerprint density at radius 1 is 1.00 bits per heavy atom. The molecule has 4 aromatic carbocycles. The largest absolute Gasteiger partial charge is 0.395 e. The topological polar surface area (TPSA) is 115 Å². The van der Waals surface area contributed by atoms with Gasteiger partial charge in [0.25, 0.3) is 11.5 Å². The molecule has 0 aliphatic carbocycles. The summed E-state index contributed by atoms with van der Waals surface area (Å²) in [5.74, 6) is -0.986. The molecule has 1 unspecified atom stereocenters. The predicted molar refractivity (Wildman–Crippen MR) is 211 cm³/mol. The zero-order chi connectivity index (χ0) is 37.8. The molecule has 0 bridgehead atoms. The van der Waals surface area contributed by atoms with Crippen LogP contribution in [0.3, 0.4) is 0 Å². The van der Waals surface area contributed by atoms with Crippen LogP contribution in [-0.2, 0) is 28.2 Å². The lowest BCUT2D eigenvalue weighted by atomic mass is 9.82. The molecule has 2 aromatic heterocycles. The van der Waals surface area contributed by atoms with Gasteiger partial charge in [-0.05, 0) is 67.0 Å². The maximum atomic E-state index is 16.5. The monoisotopic (exact) mass is 806 g/mol. The van der Waals surface area contributed by atoms with Crippen LogP contribution in [0.1, 0.15) is 41.6 Å². The molecule has 1 spiro atoms. The Bertz CT molecular complexity index is 2400. The molecule has 1 saturated heterocycles. The first-order valence-electron chi connectivity index (χ1n) is 18.1. The summed E-state index contributed by atoms with van der Waals surface area (Å²) in [5, 5.41) is 24.6. The molecule has 13 heteroatoms. The van der Waals surface area contributed by atoms with Crippen molar-refractivity contribution >= 4 is 46.7 Å². The van der Waals surface area contributed by atoms with E-state index in [0.29, 0.717) is 29.7 Å². The fourth-order valence-electron chi connectivity index (χ4n) is 8.54. The fraction of sp³-hybridized carbons (Fsp3) is 0.293. The maximum Gasteiger partial charge on any atom is 0.279 e. The standard InChI is InChI=1S/C41H40BrFN6O4Si/c1-26-38(54(2,3)43)37(19-20-47-24-35(45-46-47)33(25-50)28-9-5-4-6-10-28)53-41(26)34-21-30(42)15-18-36(34)48(40(41)52)23-27-13-16-31(17-14-27)49-39(51)32-12-8-7-11-29(32)22-44-49/h4-18,21-22,24,26,33,37-38,50H,19-20,23,25H2,1-3H3/t26-,33?,37+,38-,41+/m1/s1. The number of rotatable bonds is 10. The zero-order valence-corrected chi connectivity index (χ0v) is 32.7. The smallest absolute Gasteiger partial charge is 0.279 e. The molecule has 276 valence electrons. The molecule has 54 heavy (non-hydrogen) atoms. The van der Waals surface area contributed by atoms with E-state index < -0.39 is 31.6 Å². The third-order valence-electron chi connectivity index (χ3n) is 11.1. The van der Waals surface area contributed by atoms with Gasteiger partial charge < -0.3 is 18.9 Å². The minimum Gasteiger partial charge on any atom is -0.395 e. The third kappa shape index (κ3) is 6.22. The molecule has 1 amide bonds. The number of amides is 1. The zero-order valence-electron chi connectivity index (χ0n) is 30.1. The number of carbonyl (C=O) groups excluding carboxylic acids is 1. The van der Waals surface area contributed by atoms with E-state index in [0.717, 1.165) is 32.2 Å². The van der Waals surface area contributed by atoms with Crippen molar-refractivity contribution in [3.63, 3.8) is 0 Å². The van der Waals surface area contributed by atoms with Gasteiger partial charge >= 0.3 is 0 Å². The molecule has 0 saturated carbocycles. The predicted octanol–water partition coefficient (Wildman–Crippen LogP) is 7.28. The number of anilines is 1. The second-order valence-electron chi connectivity index (χ2n) is 14.8. The average Bonchev–Trinajstić information content (AvgIpc) is 3.82. The van der Waals surface area contributed by atoms with E-state index in [2.05, 4.69) is 31.3 Å². The van der Waals surface area contributed by atoms with E-state index >= 15 is 4.11 Å².